The SMILES string of the molecule is Cc1c(CN(C)C(=O)c2ccc(COc3ccc(Cl)cc3)o2)cnn1C. The minimum absolute atomic E-state index is 0.189. The highest BCUT2D eigenvalue weighted by Crippen LogP contribution is 2.18. The molecule has 2 heterocycles. The van der Waals surface area contributed by atoms with E-state index in [2.05, 4.69) is 5.10 Å². The van der Waals surface area contributed by atoms with E-state index in [0.29, 0.717) is 23.1 Å². The molecule has 0 spiro atoms. The molecular formula is C19H20ClN3O3. The Balaban J connectivity index is 1.60. The molecule has 0 aliphatic rings. The van der Waals surface area contributed by atoms with Crippen LogP contribution in [0.1, 0.15) is 27.6 Å². The molecule has 0 aliphatic carbocycles. The number of halogens is 1. The van der Waals surface area contributed by atoms with Gasteiger partial charge in [0.2, 0.25) is 0 Å². The van der Waals surface area contributed by atoms with Crippen molar-refractivity contribution >= 4 is 17.5 Å². The summed E-state index contributed by atoms with van der Waals surface area (Å²) in [5.41, 5.74) is 2.03. The van der Waals surface area contributed by atoms with Gasteiger partial charge in [0.05, 0.1) is 6.20 Å². The number of furan rings is 1. The summed E-state index contributed by atoms with van der Waals surface area (Å²) in [5.74, 6) is 1.35. The van der Waals surface area contributed by atoms with Gasteiger partial charge in [-0.25, -0.2) is 0 Å². The molecule has 136 valence electrons. The van der Waals surface area contributed by atoms with E-state index in [9.17, 15) is 4.79 Å². The summed E-state index contributed by atoms with van der Waals surface area (Å²) < 4.78 is 13.0. The molecule has 6 nitrogen and oxygen atoms in total. The van der Waals surface area contributed by atoms with Gasteiger partial charge in [0.15, 0.2) is 5.76 Å². The molecule has 0 saturated carbocycles. The summed E-state index contributed by atoms with van der Waals surface area (Å²) in [7, 11) is 3.61. The van der Waals surface area contributed by atoms with Crippen LogP contribution in [0.5, 0.6) is 5.75 Å². The summed E-state index contributed by atoms with van der Waals surface area (Å²) >= 11 is 5.84. The van der Waals surface area contributed by atoms with Crippen LogP contribution in [0.2, 0.25) is 5.02 Å². The highest BCUT2D eigenvalue weighted by atomic mass is 35.5. The fourth-order valence-corrected chi connectivity index (χ4v) is 2.60. The molecule has 0 aliphatic heterocycles. The van der Waals surface area contributed by atoms with Crippen LogP contribution in [-0.4, -0.2) is 27.6 Å². The smallest absolute Gasteiger partial charge is 0.289 e. The predicted molar refractivity (Wildman–Crippen MR) is 98.2 cm³/mol. The van der Waals surface area contributed by atoms with Gasteiger partial charge in [-0.05, 0) is 43.3 Å². The Kier molecular flexibility index (Phi) is 5.32. The Morgan fingerprint density at radius 3 is 2.65 bits per heavy atom. The zero-order valence-corrected chi connectivity index (χ0v) is 15.7. The number of aromatic nitrogens is 2. The van der Waals surface area contributed by atoms with Crippen molar-refractivity contribution in [3.8, 4) is 5.75 Å². The van der Waals surface area contributed by atoms with Crippen LogP contribution in [-0.2, 0) is 20.2 Å². The van der Waals surface area contributed by atoms with Gasteiger partial charge >= 0.3 is 0 Å². The molecule has 1 amide bonds. The molecule has 26 heavy (non-hydrogen) atoms. The lowest BCUT2D eigenvalue weighted by atomic mass is 10.2. The van der Waals surface area contributed by atoms with Gasteiger partial charge in [0, 0.05) is 36.9 Å². The Labute approximate surface area is 156 Å². The Morgan fingerprint density at radius 1 is 1.27 bits per heavy atom. The monoisotopic (exact) mass is 373 g/mol. The van der Waals surface area contributed by atoms with E-state index in [0.717, 1.165) is 11.3 Å². The summed E-state index contributed by atoms with van der Waals surface area (Å²) in [6, 6.07) is 10.5. The summed E-state index contributed by atoms with van der Waals surface area (Å²) in [6.45, 7) is 2.68. The van der Waals surface area contributed by atoms with Crippen molar-refractivity contribution in [3.05, 3.63) is 70.4 Å². The third-order valence-electron chi connectivity index (χ3n) is 4.16. The van der Waals surface area contributed by atoms with E-state index in [1.807, 2.05) is 14.0 Å². The second kappa shape index (κ2) is 7.66. The van der Waals surface area contributed by atoms with Crippen LogP contribution >= 0.6 is 11.6 Å². The van der Waals surface area contributed by atoms with Crippen LogP contribution in [0.4, 0.5) is 0 Å². The molecule has 2 aromatic heterocycles. The molecule has 0 saturated heterocycles. The topological polar surface area (TPSA) is 60.5 Å². The molecule has 3 rings (SSSR count). The predicted octanol–water partition coefficient (Wildman–Crippen LogP) is 3.83. The van der Waals surface area contributed by atoms with Crippen molar-refractivity contribution in [2.75, 3.05) is 7.05 Å². The number of carbonyl (C=O) groups excluding carboxylic acids is 1. The van der Waals surface area contributed by atoms with Gasteiger partial charge in [-0.1, -0.05) is 11.6 Å². The first-order valence-electron chi connectivity index (χ1n) is 8.14. The van der Waals surface area contributed by atoms with Crippen LogP contribution in [0, 0.1) is 6.92 Å². The van der Waals surface area contributed by atoms with Crippen molar-refractivity contribution in [1.29, 1.82) is 0 Å². The van der Waals surface area contributed by atoms with Crippen molar-refractivity contribution in [1.82, 2.24) is 14.7 Å². The summed E-state index contributed by atoms with van der Waals surface area (Å²) in [5, 5.41) is 4.84. The normalized spacial score (nSPS) is 10.8. The number of ether oxygens (including phenoxy) is 1. The number of hydrogen-bond donors (Lipinski definition) is 0. The second-order valence-corrected chi connectivity index (χ2v) is 6.49. The number of carbonyl (C=O) groups is 1. The number of amides is 1. The first kappa shape index (κ1) is 18.1. The van der Waals surface area contributed by atoms with E-state index in [-0.39, 0.29) is 18.3 Å². The largest absolute Gasteiger partial charge is 0.486 e. The first-order valence-corrected chi connectivity index (χ1v) is 8.52. The summed E-state index contributed by atoms with van der Waals surface area (Å²) in [6.07, 6.45) is 1.77. The van der Waals surface area contributed by atoms with Crippen molar-refractivity contribution in [2.24, 2.45) is 7.05 Å². The van der Waals surface area contributed by atoms with E-state index in [4.69, 9.17) is 20.8 Å². The molecule has 7 heteroatoms. The van der Waals surface area contributed by atoms with Gasteiger partial charge in [-0.15, -0.1) is 0 Å². The fourth-order valence-electron chi connectivity index (χ4n) is 2.47. The first-order chi connectivity index (χ1) is 12.4. The zero-order valence-electron chi connectivity index (χ0n) is 14.9. The molecule has 1 aromatic carbocycles. The molecule has 0 fully saturated rings. The van der Waals surface area contributed by atoms with Crippen LogP contribution in [0.25, 0.3) is 0 Å². The number of benzene rings is 1. The van der Waals surface area contributed by atoms with Gasteiger partial charge < -0.3 is 14.1 Å². The number of aryl methyl sites for hydroxylation is 1. The zero-order chi connectivity index (χ0) is 18.7. The van der Waals surface area contributed by atoms with Crippen molar-refractivity contribution in [2.45, 2.75) is 20.1 Å². The van der Waals surface area contributed by atoms with Crippen LogP contribution < -0.4 is 4.74 Å². The molecule has 0 bridgehead atoms. The van der Waals surface area contributed by atoms with Gasteiger partial charge in [-0.3, -0.25) is 9.48 Å². The molecule has 0 unspecified atom stereocenters. The Bertz CT molecular complexity index is 899. The molecular weight excluding hydrogens is 354 g/mol. The quantitative estimate of drug-likeness (QED) is 0.659. The van der Waals surface area contributed by atoms with Crippen molar-refractivity contribution < 1.29 is 13.9 Å². The maximum absolute atomic E-state index is 12.5. The van der Waals surface area contributed by atoms with E-state index < -0.39 is 0 Å². The third-order valence-corrected chi connectivity index (χ3v) is 4.41. The minimum atomic E-state index is -0.189. The lowest BCUT2D eigenvalue weighted by Gasteiger charge is -2.15. The standard InChI is InChI=1S/C19H20ClN3O3/c1-13-14(10-21-23(13)3)11-22(2)19(24)18-9-8-17(26-18)12-25-16-6-4-15(20)5-7-16/h4-10H,11-12H2,1-3H3. The molecule has 0 radical (unpaired) electrons. The third kappa shape index (κ3) is 4.08. The second-order valence-electron chi connectivity index (χ2n) is 6.05. The van der Waals surface area contributed by atoms with E-state index in [1.165, 1.54) is 0 Å². The number of rotatable bonds is 6. The maximum Gasteiger partial charge on any atom is 0.289 e. The van der Waals surface area contributed by atoms with Gasteiger partial charge in [-0.2, -0.15) is 5.10 Å². The van der Waals surface area contributed by atoms with Gasteiger partial charge in [0.25, 0.3) is 5.91 Å². The lowest BCUT2D eigenvalue weighted by Crippen LogP contribution is -2.26. The van der Waals surface area contributed by atoms with Crippen molar-refractivity contribution in [3.63, 3.8) is 0 Å². The lowest BCUT2D eigenvalue weighted by molar-refractivity contribution is 0.0749. The van der Waals surface area contributed by atoms with Gasteiger partial charge in [0.1, 0.15) is 18.1 Å². The number of nitrogens with zero attached hydrogens (tertiary/aromatic N) is 3. The summed E-state index contributed by atoms with van der Waals surface area (Å²) in [4.78, 5) is 14.1. The average Bonchev–Trinajstić information content (AvgIpc) is 3.23. The maximum atomic E-state index is 12.5. The average molecular weight is 374 g/mol. The number of hydrogen-bond acceptors (Lipinski definition) is 4. The Hall–Kier alpha value is -2.73. The van der Waals surface area contributed by atoms with E-state index >= 15 is 0 Å². The fraction of sp³-hybridized carbons (Fsp3) is 0.263. The van der Waals surface area contributed by atoms with E-state index in [1.54, 1.807) is 59.2 Å². The molecule has 0 N–H and O–H groups in total. The van der Waals surface area contributed by atoms with Crippen LogP contribution in [0.15, 0.2) is 47.0 Å². The van der Waals surface area contributed by atoms with Crippen LogP contribution in [0.3, 0.4) is 0 Å². The molecule has 0 atom stereocenters. The highest BCUT2D eigenvalue weighted by Gasteiger charge is 2.18. The highest BCUT2D eigenvalue weighted by molar-refractivity contribution is 6.30. The minimum Gasteiger partial charge on any atom is -0.486 e. The molecule has 3 aromatic rings. The Morgan fingerprint density at radius 2 is 2.00 bits per heavy atom.